The molecule has 0 aliphatic carbocycles. The van der Waals surface area contributed by atoms with Crippen LogP contribution in [0.15, 0.2) is 4.79 Å². The fourth-order valence-electron chi connectivity index (χ4n) is 1.03. The Labute approximate surface area is 85.4 Å². The first-order valence-corrected chi connectivity index (χ1v) is 3.80. The summed E-state index contributed by atoms with van der Waals surface area (Å²) in [5.41, 5.74) is -2.86. The topological polar surface area (TPSA) is 103 Å². The quantitative estimate of drug-likeness (QED) is 0.530. The lowest BCUT2D eigenvalue weighted by Crippen LogP contribution is -2.21. The highest BCUT2D eigenvalue weighted by molar-refractivity contribution is 5.41. The summed E-state index contributed by atoms with van der Waals surface area (Å²) in [6, 6.07) is 0. The van der Waals surface area contributed by atoms with Gasteiger partial charge in [-0.15, -0.1) is 4.73 Å². The van der Waals surface area contributed by atoms with Crippen LogP contribution in [-0.4, -0.2) is 31.4 Å². The lowest BCUT2D eigenvalue weighted by atomic mass is 10.1. The van der Waals surface area contributed by atoms with Gasteiger partial charge in [-0.05, 0) is 0 Å². The van der Waals surface area contributed by atoms with Gasteiger partial charge in [-0.25, -0.2) is 0 Å². The molecule has 1 rings (SSSR count). The number of hydrogen-bond donors (Lipinski definition) is 4. The van der Waals surface area contributed by atoms with E-state index < -0.39 is 45.8 Å². The maximum atomic E-state index is 12.0. The minimum absolute atomic E-state index is 0.516. The van der Waals surface area contributed by atoms with Crippen LogP contribution in [0.4, 0.5) is 13.2 Å². The molecule has 0 fully saturated rings. The molecule has 0 unspecified atom stereocenters. The molecule has 1 heterocycles. The molecule has 4 N–H and O–H groups in total. The normalized spacial score (nSPS) is 11.7. The predicted octanol–water partition coefficient (Wildman–Crippen LogP) is 0.307. The number of pyridine rings is 1. The molecule has 6 nitrogen and oxygen atoms in total. The summed E-state index contributed by atoms with van der Waals surface area (Å²) in [6.07, 6.45) is -6.65. The zero-order valence-corrected chi connectivity index (χ0v) is 7.49. The number of aromatic hydroxyl groups is 3. The molecule has 0 bridgehead atoms. The summed E-state index contributed by atoms with van der Waals surface area (Å²) in [4.78, 5) is 11.0. The van der Waals surface area contributed by atoms with Crippen molar-refractivity contribution in [2.75, 3.05) is 0 Å². The number of alkyl halides is 3. The molecule has 0 amide bonds. The van der Waals surface area contributed by atoms with Gasteiger partial charge in [-0.3, -0.25) is 4.79 Å². The van der Waals surface area contributed by atoms with E-state index in [1.165, 1.54) is 0 Å². The molecule has 16 heavy (non-hydrogen) atoms. The molecule has 9 heteroatoms. The van der Waals surface area contributed by atoms with Crippen molar-refractivity contribution in [2.45, 2.75) is 12.6 Å². The molecule has 0 atom stereocenters. The van der Waals surface area contributed by atoms with Gasteiger partial charge in [0.15, 0.2) is 0 Å². The van der Waals surface area contributed by atoms with Gasteiger partial charge in [0.25, 0.3) is 5.88 Å². The monoisotopic (exact) mass is 241 g/mol. The van der Waals surface area contributed by atoms with Crippen molar-refractivity contribution >= 4 is 0 Å². The maximum absolute atomic E-state index is 12.0. The van der Waals surface area contributed by atoms with Crippen molar-refractivity contribution in [1.82, 2.24) is 4.73 Å². The van der Waals surface area contributed by atoms with E-state index in [9.17, 15) is 18.0 Å². The first-order chi connectivity index (χ1) is 7.15. The van der Waals surface area contributed by atoms with Gasteiger partial charge in [-0.1, -0.05) is 0 Å². The van der Waals surface area contributed by atoms with Gasteiger partial charge in [-0.2, -0.15) is 13.2 Å². The minimum Gasteiger partial charge on any atom is -0.500 e. The van der Waals surface area contributed by atoms with Crippen molar-refractivity contribution < 1.29 is 33.7 Å². The number of rotatable bonds is 1. The Kier molecular flexibility index (Phi) is 2.63. The van der Waals surface area contributed by atoms with Crippen LogP contribution >= 0.6 is 0 Å². The molecule has 0 aliphatic heterocycles. The minimum atomic E-state index is -4.81. The van der Waals surface area contributed by atoms with E-state index in [4.69, 9.17) is 20.5 Å². The van der Waals surface area contributed by atoms with Crippen LogP contribution in [0.2, 0.25) is 0 Å². The van der Waals surface area contributed by atoms with Gasteiger partial charge in [0, 0.05) is 0 Å². The van der Waals surface area contributed by atoms with Gasteiger partial charge >= 0.3 is 6.18 Å². The van der Waals surface area contributed by atoms with E-state index in [0.29, 0.717) is 0 Å². The third kappa shape index (κ3) is 1.97. The van der Waals surface area contributed by atoms with E-state index in [2.05, 4.69) is 0 Å². The summed E-state index contributed by atoms with van der Waals surface area (Å²) >= 11 is 0. The molecule has 1 aromatic rings. The molecular formula is C7H6F3NO5. The summed E-state index contributed by atoms with van der Waals surface area (Å²) in [7, 11) is 0. The third-order valence-electron chi connectivity index (χ3n) is 1.75. The summed E-state index contributed by atoms with van der Waals surface area (Å²) in [5.74, 6) is -4.38. The second-order valence-electron chi connectivity index (χ2n) is 2.91. The third-order valence-corrected chi connectivity index (χ3v) is 1.75. The van der Waals surface area contributed by atoms with E-state index >= 15 is 0 Å². The largest absolute Gasteiger partial charge is 0.500 e. The molecule has 0 aromatic carbocycles. The van der Waals surface area contributed by atoms with Crippen LogP contribution in [0.3, 0.4) is 0 Å². The Balaban J connectivity index is 3.47. The summed E-state index contributed by atoms with van der Waals surface area (Å²) < 4.78 is 35.4. The van der Waals surface area contributed by atoms with E-state index in [0.717, 1.165) is 0 Å². The van der Waals surface area contributed by atoms with Crippen LogP contribution in [-0.2, 0) is 6.42 Å². The van der Waals surface area contributed by atoms with Crippen LogP contribution in [0, 0.1) is 0 Å². The van der Waals surface area contributed by atoms with Crippen molar-refractivity contribution in [3.63, 3.8) is 0 Å². The van der Waals surface area contributed by atoms with E-state index in [1.54, 1.807) is 0 Å². The van der Waals surface area contributed by atoms with Crippen LogP contribution in [0.25, 0.3) is 0 Å². The Morgan fingerprint density at radius 1 is 1.12 bits per heavy atom. The average Bonchev–Trinajstić information content (AvgIpc) is 2.17. The van der Waals surface area contributed by atoms with Gasteiger partial charge in [0.2, 0.25) is 17.1 Å². The number of hydrogen-bond acceptors (Lipinski definition) is 5. The Morgan fingerprint density at radius 3 is 2.06 bits per heavy atom. The van der Waals surface area contributed by atoms with Gasteiger partial charge < -0.3 is 20.5 Å². The predicted molar refractivity (Wildman–Crippen MR) is 42.6 cm³/mol. The van der Waals surface area contributed by atoms with Gasteiger partial charge in [0.1, 0.15) is 0 Å². The zero-order valence-electron chi connectivity index (χ0n) is 7.49. The van der Waals surface area contributed by atoms with Crippen LogP contribution in [0.1, 0.15) is 5.56 Å². The zero-order chi connectivity index (χ0) is 12.7. The maximum Gasteiger partial charge on any atom is 0.393 e. The lowest BCUT2D eigenvalue weighted by molar-refractivity contribution is -0.128. The Hall–Kier alpha value is -2.06. The van der Waals surface area contributed by atoms with Crippen LogP contribution in [0.5, 0.6) is 17.5 Å². The van der Waals surface area contributed by atoms with E-state index in [1.807, 2.05) is 0 Å². The highest BCUT2D eigenvalue weighted by Gasteiger charge is 2.33. The molecular weight excluding hydrogens is 235 g/mol. The first-order valence-electron chi connectivity index (χ1n) is 3.80. The smallest absolute Gasteiger partial charge is 0.393 e. The van der Waals surface area contributed by atoms with Crippen LogP contribution < -0.4 is 5.43 Å². The number of aromatic nitrogens is 1. The summed E-state index contributed by atoms with van der Waals surface area (Å²) in [5, 5.41) is 35.5. The summed E-state index contributed by atoms with van der Waals surface area (Å²) in [6.45, 7) is 0. The van der Waals surface area contributed by atoms with Gasteiger partial charge in [0.05, 0.1) is 12.0 Å². The molecule has 0 saturated carbocycles. The first kappa shape index (κ1) is 12.0. The highest BCUT2D eigenvalue weighted by atomic mass is 19.4. The fourth-order valence-corrected chi connectivity index (χ4v) is 1.03. The number of halogens is 3. The van der Waals surface area contributed by atoms with E-state index in [-0.39, 0.29) is 0 Å². The average molecular weight is 241 g/mol. The Bertz CT molecular complexity index is 478. The molecule has 0 aliphatic rings. The molecule has 0 radical (unpaired) electrons. The fraction of sp³-hybridized carbons (Fsp3) is 0.286. The number of nitrogens with zero attached hydrogens (tertiary/aromatic N) is 1. The lowest BCUT2D eigenvalue weighted by Gasteiger charge is -2.11. The molecule has 0 saturated heterocycles. The van der Waals surface area contributed by atoms with Crippen molar-refractivity contribution in [2.24, 2.45) is 0 Å². The second kappa shape index (κ2) is 3.51. The highest BCUT2D eigenvalue weighted by Crippen LogP contribution is 2.30. The molecule has 0 spiro atoms. The molecule has 90 valence electrons. The SMILES string of the molecule is O=c1c(O)c(O)n(O)c(O)c1CC(F)(F)F. The standard InChI is InChI=1S/C7H6F3NO5/c8-7(9,10)1-2-3(12)4(13)6(15)11(16)5(2)14/h13-16H,1H2. The van der Waals surface area contributed by atoms with Crippen molar-refractivity contribution in [3.05, 3.63) is 15.8 Å². The second-order valence-corrected chi connectivity index (χ2v) is 2.91. The van der Waals surface area contributed by atoms with Crippen molar-refractivity contribution in [3.8, 4) is 17.5 Å². The molecule has 1 aromatic heterocycles. The van der Waals surface area contributed by atoms with Crippen molar-refractivity contribution in [1.29, 1.82) is 0 Å². The Morgan fingerprint density at radius 2 is 1.62 bits per heavy atom.